The Balaban J connectivity index is 0.000000777. The minimum Gasteiger partial charge on any atom is -0.726 e. The van der Waals surface area contributed by atoms with Crippen LogP contribution < -0.4 is 9.88 Å². The average Bonchev–Trinajstić information content (AvgIpc) is 3.92. The topological polar surface area (TPSA) is 82.3 Å². The summed E-state index contributed by atoms with van der Waals surface area (Å²) >= 11 is 1.93. The fourth-order valence-electron chi connectivity index (χ4n) is 11.2. The Bertz CT molecular complexity index is 1880. The Morgan fingerprint density at radius 3 is 1.11 bits per heavy atom. The van der Waals surface area contributed by atoms with Gasteiger partial charge in [-0.15, -0.1) is 0 Å². The Hall–Kier alpha value is -2.26. The maximum absolute atomic E-state index is 10.2. The van der Waals surface area contributed by atoms with Gasteiger partial charge in [0.05, 0.1) is 6.61 Å². The van der Waals surface area contributed by atoms with Crippen LogP contribution in [0.15, 0.2) is 48.5 Å². The molecule has 0 unspecified atom stereocenters. The number of nitrogens with one attached hydrogen (secondary N) is 1. The third-order valence-electron chi connectivity index (χ3n) is 16.3. The van der Waals surface area contributed by atoms with Crippen LogP contribution in [0.5, 0.6) is 0 Å². The molecule has 1 aromatic heterocycles. The van der Waals surface area contributed by atoms with Crippen LogP contribution in [-0.4, -0.2) is 26.1 Å². The maximum Gasteiger partial charge on any atom is 0.262 e. The Labute approximate surface area is 494 Å². The molecule has 0 aliphatic heterocycles. The van der Waals surface area contributed by atoms with Gasteiger partial charge in [-0.1, -0.05) is 352 Å². The van der Waals surface area contributed by atoms with Crippen LogP contribution in [0.2, 0.25) is 0 Å². The standard InChI is InChI=1S/C53H88N2S.C18H38O4S/c1-3-5-7-9-11-13-15-17-19-20-21-22-23-24-25-27-29-31-33-37-47-54-50-44-41-49(42-45-50)43-46-53-55(51-39-35-36-40-52(51)56-53)48-38-34-32-30-28-26-18-16-14-12-10-8-6-4-2;1-2-3-4-5-6-7-8-9-10-11-12-13-14-15-16-17-18-22-23(19,20)21/h35-36,39-46H,3-34,37-38,47-48H2,1-2H3;2-18H2,1H3,(H,19,20,21). The molecular formula is C71H126N2O4S2. The van der Waals surface area contributed by atoms with Crippen LogP contribution in [0.4, 0.5) is 5.69 Å². The van der Waals surface area contributed by atoms with Gasteiger partial charge >= 0.3 is 0 Å². The first kappa shape index (κ1) is 72.8. The molecule has 0 saturated carbocycles. The monoisotopic (exact) mass is 1130 g/mol. The van der Waals surface area contributed by atoms with E-state index >= 15 is 0 Å². The summed E-state index contributed by atoms with van der Waals surface area (Å²) in [5, 5.41) is 5.03. The summed E-state index contributed by atoms with van der Waals surface area (Å²) in [5.41, 5.74) is 3.90. The lowest BCUT2D eigenvalue weighted by atomic mass is 10.0. The van der Waals surface area contributed by atoms with Crippen LogP contribution >= 0.6 is 11.3 Å². The van der Waals surface area contributed by atoms with Crippen molar-refractivity contribution in [2.24, 2.45) is 0 Å². The molecule has 0 spiro atoms. The van der Waals surface area contributed by atoms with Gasteiger partial charge < -0.3 is 9.87 Å². The molecule has 8 heteroatoms. The number of para-hydroxylation sites is 1. The normalized spacial score (nSPS) is 11.8. The predicted molar refractivity (Wildman–Crippen MR) is 349 cm³/mol. The summed E-state index contributed by atoms with van der Waals surface area (Å²) in [6.07, 6.45) is 73.4. The average molecular weight is 1140 g/mol. The smallest absolute Gasteiger partial charge is 0.262 e. The van der Waals surface area contributed by atoms with Gasteiger partial charge in [0.15, 0.2) is 6.54 Å². The number of aryl methyl sites for hydroxylation is 1. The van der Waals surface area contributed by atoms with E-state index in [9.17, 15) is 13.0 Å². The van der Waals surface area contributed by atoms with Crippen molar-refractivity contribution in [1.29, 1.82) is 0 Å². The fraction of sp³-hybridized carbons (Fsp3) is 0.789. The zero-order chi connectivity index (χ0) is 56.6. The maximum atomic E-state index is 10.2. The molecule has 0 aliphatic carbocycles. The molecule has 79 heavy (non-hydrogen) atoms. The van der Waals surface area contributed by atoms with Gasteiger partial charge in [0.25, 0.3) is 5.01 Å². The molecule has 1 N–H and O–H groups in total. The first-order valence-electron chi connectivity index (χ1n) is 34.4. The first-order valence-corrected chi connectivity index (χ1v) is 36.6. The lowest BCUT2D eigenvalue weighted by molar-refractivity contribution is -0.669. The highest BCUT2D eigenvalue weighted by Crippen LogP contribution is 2.24. The van der Waals surface area contributed by atoms with Crippen molar-refractivity contribution in [3.8, 4) is 0 Å². The number of thiazole rings is 1. The number of rotatable bonds is 57. The first-order chi connectivity index (χ1) is 38.9. The van der Waals surface area contributed by atoms with E-state index in [2.05, 4.69) is 95.5 Å². The molecule has 0 bridgehead atoms. The van der Waals surface area contributed by atoms with Crippen LogP contribution in [0.1, 0.15) is 352 Å². The molecule has 3 rings (SSSR count). The SMILES string of the molecule is CCCCCCCCCCCCCCCCCCCCCCNc1ccc(/C=C/c2sc3ccccc3[n+]2CCCCCCCCCCCCCCCC)cc1.CCCCCCCCCCCCCCCCCCOS(=O)(=O)[O-]. The van der Waals surface area contributed by atoms with E-state index < -0.39 is 10.4 Å². The predicted octanol–water partition coefficient (Wildman–Crippen LogP) is 23.8. The Morgan fingerprint density at radius 2 is 0.747 bits per heavy atom. The molecule has 0 atom stereocenters. The number of hydrogen-bond acceptors (Lipinski definition) is 6. The van der Waals surface area contributed by atoms with Crippen molar-refractivity contribution in [3.63, 3.8) is 0 Å². The van der Waals surface area contributed by atoms with Crippen LogP contribution in [0.25, 0.3) is 22.4 Å². The van der Waals surface area contributed by atoms with Crippen molar-refractivity contribution >= 4 is 49.8 Å². The van der Waals surface area contributed by atoms with Crippen LogP contribution in [0.3, 0.4) is 0 Å². The summed E-state index contributed by atoms with van der Waals surface area (Å²) < 4.78 is 38.8. The van der Waals surface area contributed by atoms with E-state index in [1.807, 2.05) is 11.3 Å². The van der Waals surface area contributed by atoms with Crippen molar-refractivity contribution in [2.75, 3.05) is 18.5 Å². The summed E-state index contributed by atoms with van der Waals surface area (Å²) in [5.74, 6) is 0. The van der Waals surface area contributed by atoms with Crippen molar-refractivity contribution in [1.82, 2.24) is 0 Å². The second kappa shape index (κ2) is 55.0. The van der Waals surface area contributed by atoms with Gasteiger partial charge in [0.1, 0.15) is 4.70 Å². The quantitative estimate of drug-likeness (QED) is 0.0264. The number of nitrogens with zero attached hydrogens (tertiary/aromatic N) is 1. The summed E-state index contributed by atoms with van der Waals surface area (Å²) in [6, 6.07) is 18.0. The summed E-state index contributed by atoms with van der Waals surface area (Å²) in [7, 11) is -4.49. The molecule has 3 aromatic rings. The molecule has 1 heterocycles. The number of hydrogen-bond donors (Lipinski definition) is 1. The van der Waals surface area contributed by atoms with Crippen molar-refractivity contribution in [3.05, 3.63) is 59.1 Å². The molecular weight excluding hydrogens is 1010 g/mol. The Kier molecular flexibility index (Phi) is 50.7. The largest absolute Gasteiger partial charge is 0.726 e. The molecule has 0 amide bonds. The highest BCUT2D eigenvalue weighted by molar-refractivity contribution is 7.80. The summed E-state index contributed by atoms with van der Waals surface area (Å²) in [6.45, 7) is 9.10. The molecule has 0 saturated heterocycles. The number of fused-ring (bicyclic) bond motifs is 1. The molecule has 456 valence electrons. The van der Waals surface area contributed by atoms with Crippen LogP contribution in [0, 0.1) is 0 Å². The second-order valence-corrected chi connectivity index (χ2v) is 25.9. The van der Waals surface area contributed by atoms with E-state index in [-0.39, 0.29) is 6.61 Å². The van der Waals surface area contributed by atoms with Crippen LogP contribution in [-0.2, 0) is 21.1 Å². The second-order valence-electron chi connectivity index (χ2n) is 23.8. The van der Waals surface area contributed by atoms with Gasteiger partial charge in [-0.25, -0.2) is 8.42 Å². The fourth-order valence-corrected chi connectivity index (χ4v) is 12.6. The lowest BCUT2D eigenvalue weighted by Gasteiger charge is -2.07. The number of aromatic nitrogens is 1. The van der Waals surface area contributed by atoms with Gasteiger partial charge in [-0.3, -0.25) is 4.18 Å². The number of benzene rings is 2. The summed E-state index contributed by atoms with van der Waals surface area (Å²) in [4.78, 5) is 0. The van der Waals surface area contributed by atoms with E-state index in [1.54, 1.807) is 0 Å². The Morgan fingerprint density at radius 1 is 0.418 bits per heavy atom. The molecule has 0 fully saturated rings. The minimum atomic E-state index is -4.49. The third kappa shape index (κ3) is 45.9. The van der Waals surface area contributed by atoms with E-state index in [4.69, 9.17) is 0 Å². The third-order valence-corrected chi connectivity index (χ3v) is 17.9. The van der Waals surface area contributed by atoms with E-state index in [0.717, 1.165) is 25.9 Å². The van der Waals surface area contributed by atoms with Crippen molar-refractivity contribution in [2.45, 2.75) is 348 Å². The highest BCUT2D eigenvalue weighted by atomic mass is 32.3. The van der Waals surface area contributed by atoms with Gasteiger partial charge in [0, 0.05) is 30.8 Å². The molecule has 0 aliphatic rings. The highest BCUT2D eigenvalue weighted by Gasteiger charge is 2.18. The zero-order valence-electron chi connectivity index (χ0n) is 52.1. The number of unbranched alkanes of at least 4 members (excludes halogenated alkanes) is 47. The van der Waals surface area contributed by atoms with E-state index in [1.165, 1.54) is 328 Å². The number of anilines is 1. The lowest BCUT2D eigenvalue weighted by Crippen LogP contribution is -2.34. The molecule has 0 radical (unpaired) electrons. The van der Waals surface area contributed by atoms with E-state index in [0.29, 0.717) is 6.42 Å². The molecule has 2 aromatic carbocycles. The van der Waals surface area contributed by atoms with Gasteiger partial charge in [-0.05, 0) is 49.1 Å². The van der Waals surface area contributed by atoms with Gasteiger partial charge in [-0.2, -0.15) is 4.57 Å². The molecule has 6 nitrogen and oxygen atoms in total. The zero-order valence-corrected chi connectivity index (χ0v) is 53.8. The van der Waals surface area contributed by atoms with Gasteiger partial charge in [0.2, 0.25) is 15.9 Å². The minimum absolute atomic E-state index is 0.0320. The van der Waals surface area contributed by atoms with Crippen molar-refractivity contribution < 1.29 is 21.7 Å².